The molecule has 2 heterocycles. The first-order valence-electron chi connectivity index (χ1n) is 9.27. The van der Waals surface area contributed by atoms with Gasteiger partial charge in [0.25, 0.3) is 0 Å². The Morgan fingerprint density at radius 2 is 2.00 bits per heavy atom. The van der Waals surface area contributed by atoms with E-state index in [-0.39, 0.29) is 11.3 Å². The van der Waals surface area contributed by atoms with Crippen LogP contribution in [0.25, 0.3) is 0 Å². The molecule has 5 nitrogen and oxygen atoms in total. The molecule has 0 spiro atoms. The Balaban J connectivity index is 1.56. The van der Waals surface area contributed by atoms with Crippen molar-refractivity contribution in [1.29, 1.82) is 0 Å². The van der Waals surface area contributed by atoms with Gasteiger partial charge in [0.2, 0.25) is 0 Å². The zero-order valence-corrected chi connectivity index (χ0v) is 15.3. The van der Waals surface area contributed by atoms with Gasteiger partial charge in [-0.3, -0.25) is 9.69 Å². The number of carbonyl (C=O) groups is 1. The number of nitrogens with one attached hydrogen (secondary N) is 1. The Morgan fingerprint density at radius 3 is 2.52 bits per heavy atom. The number of ether oxygens (including phenoxy) is 1. The predicted octanol–water partition coefficient (Wildman–Crippen LogP) is 1.38. The van der Waals surface area contributed by atoms with E-state index >= 15 is 0 Å². The number of rotatable bonds is 10. The average Bonchev–Trinajstić information content (AvgIpc) is 2.50. The van der Waals surface area contributed by atoms with E-state index in [1.54, 1.807) is 6.92 Å². The number of Topliss-reactive ketones (excluding diaryl/α,β-unsaturated/α-hetero) is 1. The molecule has 0 bridgehead atoms. The Kier molecular flexibility index (Phi) is 7.47. The zero-order chi connectivity index (χ0) is 16.7. The molecule has 23 heavy (non-hydrogen) atoms. The second kappa shape index (κ2) is 9.11. The summed E-state index contributed by atoms with van der Waals surface area (Å²) < 4.78 is 5.84. The minimum absolute atomic E-state index is 0.0250. The second-order valence-electron chi connectivity index (χ2n) is 7.43. The molecule has 0 aromatic rings. The molecule has 0 atom stereocenters. The van der Waals surface area contributed by atoms with E-state index in [0.717, 1.165) is 45.3 Å². The zero-order valence-electron chi connectivity index (χ0n) is 15.3. The third-order valence-corrected chi connectivity index (χ3v) is 5.70. The van der Waals surface area contributed by atoms with Crippen LogP contribution in [0.3, 0.4) is 0 Å². The van der Waals surface area contributed by atoms with E-state index in [1.165, 1.54) is 32.4 Å². The molecule has 2 aliphatic rings. The summed E-state index contributed by atoms with van der Waals surface area (Å²) in [6.07, 6.45) is 4.66. The summed E-state index contributed by atoms with van der Waals surface area (Å²) in [5.74, 6) is 1.21. The highest BCUT2D eigenvalue weighted by atomic mass is 16.5. The summed E-state index contributed by atoms with van der Waals surface area (Å²) in [5, 5.41) is 3.30. The van der Waals surface area contributed by atoms with Crippen molar-refractivity contribution in [2.75, 3.05) is 59.5 Å². The highest BCUT2D eigenvalue weighted by Crippen LogP contribution is 2.23. The molecule has 0 radical (unpaired) electrons. The number of piperidine rings is 1. The van der Waals surface area contributed by atoms with Gasteiger partial charge >= 0.3 is 0 Å². The first kappa shape index (κ1) is 18.8. The third kappa shape index (κ3) is 5.52. The van der Waals surface area contributed by atoms with Crippen LogP contribution in [-0.2, 0) is 9.53 Å². The standard InChI is InChI=1S/C18H35N3O2/c1-4-17-5-7-21(8-6-17)10-12-23-11-9-20(3)18(13-16(2)22)14-19-15-18/h17,19H,4-15H2,1-3H3. The monoisotopic (exact) mass is 325 g/mol. The van der Waals surface area contributed by atoms with Gasteiger partial charge in [0.1, 0.15) is 5.78 Å². The number of likely N-dealkylation sites (N-methyl/N-ethyl adjacent to an activating group) is 1. The van der Waals surface area contributed by atoms with Crippen molar-refractivity contribution in [1.82, 2.24) is 15.1 Å². The largest absolute Gasteiger partial charge is 0.379 e. The maximum Gasteiger partial charge on any atom is 0.131 e. The number of carbonyl (C=O) groups excluding carboxylic acids is 1. The van der Waals surface area contributed by atoms with E-state index in [9.17, 15) is 4.79 Å². The second-order valence-corrected chi connectivity index (χ2v) is 7.43. The summed E-state index contributed by atoms with van der Waals surface area (Å²) >= 11 is 0. The number of likely N-dealkylation sites (tertiary alicyclic amines) is 1. The van der Waals surface area contributed by atoms with Gasteiger partial charge in [0, 0.05) is 32.6 Å². The number of hydrogen-bond acceptors (Lipinski definition) is 5. The van der Waals surface area contributed by atoms with Gasteiger partial charge in [-0.15, -0.1) is 0 Å². The fourth-order valence-corrected chi connectivity index (χ4v) is 3.76. The van der Waals surface area contributed by atoms with Crippen molar-refractivity contribution in [3.8, 4) is 0 Å². The number of ketones is 1. The lowest BCUT2D eigenvalue weighted by Gasteiger charge is -2.49. The van der Waals surface area contributed by atoms with Crippen LogP contribution in [0.4, 0.5) is 0 Å². The minimum atomic E-state index is 0.0250. The van der Waals surface area contributed by atoms with Gasteiger partial charge in [-0.05, 0) is 45.8 Å². The first-order valence-corrected chi connectivity index (χ1v) is 9.27. The maximum absolute atomic E-state index is 11.5. The molecule has 2 fully saturated rings. The topological polar surface area (TPSA) is 44.8 Å². The van der Waals surface area contributed by atoms with Crippen LogP contribution in [0.2, 0.25) is 0 Å². The molecule has 2 rings (SSSR count). The van der Waals surface area contributed by atoms with Crippen LogP contribution in [0.15, 0.2) is 0 Å². The highest BCUT2D eigenvalue weighted by Gasteiger charge is 2.41. The normalized spacial score (nSPS) is 22.3. The van der Waals surface area contributed by atoms with Crippen molar-refractivity contribution in [2.45, 2.75) is 45.1 Å². The van der Waals surface area contributed by atoms with Crippen molar-refractivity contribution < 1.29 is 9.53 Å². The van der Waals surface area contributed by atoms with Crippen LogP contribution in [0.5, 0.6) is 0 Å². The Labute approximate surface area is 141 Å². The molecule has 134 valence electrons. The fourth-order valence-electron chi connectivity index (χ4n) is 3.76. The van der Waals surface area contributed by atoms with E-state index in [0.29, 0.717) is 6.42 Å². The van der Waals surface area contributed by atoms with Crippen molar-refractivity contribution in [3.05, 3.63) is 0 Å². The first-order chi connectivity index (χ1) is 11.1. The van der Waals surface area contributed by atoms with Crippen LogP contribution >= 0.6 is 0 Å². The predicted molar refractivity (Wildman–Crippen MR) is 93.8 cm³/mol. The lowest BCUT2D eigenvalue weighted by Crippen LogP contribution is -2.68. The van der Waals surface area contributed by atoms with E-state index in [4.69, 9.17) is 4.74 Å². The molecule has 0 amide bonds. The number of nitrogens with zero attached hydrogens (tertiary/aromatic N) is 2. The molecule has 0 saturated carbocycles. The van der Waals surface area contributed by atoms with E-state index in [1.807, 2.05) is 0 Å². The molecule has 2 saturated heterocycles. The molecule has 1 N–H and O–H groups in total. The molecule has 2 aliphatic heterocycles. The Morgan fingerprint density at radius 1 is 1.30 bits per heavy atom. The van der Waals surface area contributed by atoms with Gasteiger partial charge in [-0.1, -0.05) is 13.3 Å². The van der Waals surface area contributed by atoms with Gasteiger partial charge in [-0.2, -0.15) is 0 Å². The lowest BCUT2D eigenvalue weighted by atomic mass is 9.85. The summed E-state index contributed by atoms with van der Waals surface area (Å²) in [6.45, 7) is 11.8. The summed E-state index contributed by atoms with van der Waals surface area (Å²) in [6, 6.07) is 0. The molecule has 0 aromatic heterocycles. The van der Waals surface area contributed by atoms with E-state index < -0.39 is 0 Å². The quantitative estimate of drug-likeness (QED) is 0.615. The van der Waals surface area contributed by atoms with Crippen molar-refractivity contribution in [3.63, 3.8) is 0 Å². The molecule has 0 unspecified atom stereocenters. The Bertz CT molecular complexity index is 363. The van der Waals surface area contributed by atoms with Crippen molar-refractivity contribution >= 4 is 5.78 Å². The molecule has 0 aliphatic carbocycles. The van der Waals surface area contributed by atoms with Gasteiger partial charge in [0.15, 0.2) is 0 Å². The third-order valence-electron chi connectivity index (χ3n) is 5.70. The van der Waals surface area contributed by atoms with Crippen LogP contribution in [0, 0.1) is 5.92 Å². The summed E-state index contributed by atoms with van der Waals surface area (Å²) in [5.41, 5.74) is 0.0250. The summed E-state index contributed by atoms with van der Waals surface area (Å²) in [4.78, 5) is 16.3. The molecule has 5 heteroatoms. The average molecular weight is 325 g/mol. The van der Waals surface area contributed by atoms with Crippen LogP contribution in [-0.4, -0.2) is 80.7 Å². The Hall–Kier alpha value is -0.490. The maximum atomic E-state index is 11.5. The van der Waals surface area contributed by atoms with Gasteiger partial charge < -0.3 is 15.0 Å². The smallest absolute Gasteiger partial charge is 0.131 e. The highest BCUT2D eigenvalue weighted by molar-refractivity contribution is 5.77. The lowest BCUT2D eigenvalue weighted by molar-refractivity contribution is -0.121. The summed E-state index contributed by atoms with van der Waals surface area (Å²) in [7, 11) is 2.11. The van der Waals surface area contributed by atoms with Gasteiger partial charge in [0.05, 0.1) is 18.8 Å². The fraction of sp³-hybridized carbons (Fsp3) is 0.944. The molecule has 0 aromatic carbocycles. The van der Waals surface area contributed by atoms with E-state index in [2.05, 4.69) is 29.1 Å². The van der Waals surface area contributed by atoms with Gasteiger partial charge in [-0.25, -0.2) is 0 Å². The number of hydrogen-bond donors (Lipinski definition) is 1. The van der Waals surface area contributed by atoms with Crippen LogP contribution < -0.4 is 5.32 Å². The van der Waals surface area contributed by atoms with Crippen LogP contribution in [0.1, 0.15) is 39.5 Å². The van der Waals surface area contributed by atoms with Crippen molar-refractivity contribution in [2.24, 2.45) is 5.92 Å². The molecular weight excluding hydrogens is 290 g/mol. The SMILES string of the molecule is CCC1CCN(CCOCCN(C)C2(CC(C)=O)CNC2)CC1. The minimum Gasteiger partial charge on any atom is -0.379 e. The molecular formula is C18H35N3O2.